The van der Waals surface area contributed by atoms with E-state index in [1.165, 1.54) is 31.3 Å². The minimum absolute atomic E-state index is 0.0913. The van der Waals surface area contributed by atoms with E-state index in [9.17, 15) is 18.0 Å². The van der Waals surface area contributed by atoms with Crippen LogP contribution in [0.15, 0.2) is 59.8 Å². The number of nitrogens with one attached hydrogen (secondary N) is 2. The number of amides is 2. The van der Waals surface area contributed by atoms with Crippen LogP contribution in [0.1, 0.15) is 12.5 Å². The van der Waals surface area contributed by atoms with E-state index >= 15 is 0 Å². The molecule has 2 N–H and O–H groups in total. The third-order valence-electron chi connectivity index (χ3n) is 2.84. The van der Waals surface area contributed by atoms with Crippen molar-refractivity contribution in [2.24, 2.45) is 0 Å². The summed E-state index contributed by atoms with van der Waals surface area (Å²) in [5, 5.41) is 2.62. The molecule has 2 aromatic rings. The highest BCUT2D eigenvalue weighted by Gasteiger charge is 2.15. The van der Waals surface area contributed by atoms with E-state index in [-0.39, 0.29) is 10.8 Å². The Labute approximate surface area is 139 Å². The van der Waals surface area contributed by atoms with Crippen molar-refractivity contribution in [1.82, 2.24) is 9.71 Å². The summed E-state index contributed by atoms with van der Waals surface area (Å²) >= 11 is 0. The first kappa shape index (κ1) is 17.4. The predicted molar refractivity (Wildman–Crippen MR) is 89.3 cm³/mol. The number of carbonyl (C=O) groups is 2. The van der Waals surface area contributed by atoms with Crippen molar-refractivity contribution in [3.05, 3.63) is 60.4 Å². The number of hydrogen-bond donors (Lipinski definition) is 2. The van der Waals surface area contributed by atoms with E-state index in [1.54, 1.807) is 24.3 Å². The van der Waals surface area contributed by atoms with Crippen LogP contribution in [0.2, 0.25) is 0 Å². The molecule has 0 saturated heterocycles. The van der Waals surface area contributed by atoms with Crippen LogP contribution in [0.5, 0.6) is 0 Å². The number of anilines is 1. The average Bonchev–Trinajstić information content (AvgIpc) is 2.54. The predicted octanol–water partition coefficient (Wildman–Crippen LogP) is 1.56. The number of pyridine rings is 1. The zero-order valence-electron chi connectivity index (χ0n) is 12.8. The molecule has 0 radical (unpaired) electrons. The van der Waals surface area contributed by atoms with E-state index in [0.717, 1.165) is 12.3 Å². The lowest BCUT2D eigenvalue weighted by atomic mass is 10.2. The van der Waals surface area contributed by atoms with Gasteiger partial charge in [0, 0.05) is 31.1 Å². The van der Waals surface area contributed by atoms with E-state index < -0.39 is 15.9 Å². The fourth-order valence-electron chi connectivity index (χ4n) is 1.78. The molecule has 1 aromatic heterocycles. The highest BCUT2D eigenvalue weighted by Crippen LogP contribution is 2.11. The molecule has 0 bridgehead atoms. The molecule has 1 aromatic carbocycles. The summed E-state index contributed by atoms with van der Waals surface area (Å²) in [6.45, 7) is 1.40. The standard InChI is InChI=1S/C16H15N3O4S/c1-12(20)18-14-7-4-13(5-8-14)6-9-16(21)19-24(22,23)15-3-2-10-17-11-15/h2-11H,1H3,(H,18,20)(H,19,21)/b9-6+. The molecule has 7 nitrogen and oxygen atoms in total. The van der Waals surface area contributed by atoms with Gasteiger partial charge >= 0.3 is 0 Å². The summed E-state index contributed by atoms with van der Waals surface area (Å²) in [6, 6.07) is 9.52. The summed E-state index contributed by atoms with van der Waals surface area (Å²) in [5.41, 5.74) is 1.31. The SMILES string of the molecule is CC(=O)Nc1ccc(/C=C/C(=O)NS(=O)(=O)c2cccnc2)cc1. The van der Waals surface area contributed by atoms with Gasteiger partial charge in [0.2, 0.25) is 5.91 Å². The number of sulfonamides is 1. The largest absolute Gasteiger partial charge is 0.326 e. The van der Waals surface area contributed by atoms with Crippen molar-refractivity contribution in [1.29, 1.82) is 0 Å². The highest BCUT2D eigenvalue weighted by molar-refractivity contribution is 7.90. The second kappa shape index (κ2) is 7.51. The van der Waals surface area contributed by atoms with Crippen LogP contribution >= 0.6 is 0 Å². The molecule has 0 unspecified atom stereocenters. The Balaban J connectivity index is 2.01. The molecule has 0 aliphatic rings. The molecule has 0 spiro atoms. The molecule has 0 aliphatic heterocycles. The Morgan fingerprint density at radius 1 is 1.12 bits per heavy atom. The van der Waals surface area contributed by atoms with Crippen LogP contribution < -0.4 is 10.0 Å². The number of nitrogens with zero attached hydrogens (tertiary/aromatic N) is 1. The maximum Gasteiger partial charge on any atom is 0.265 e. The molecule has 0 atom stereocenters. The number of benzene rings is 1. The van der Waals surface area contributed by atoms with Crippen molar-refractivity contribution < 1.29 is 18.0 Å². The first-order chi connectivity index (χ1) is 11.4. The Morgan fingerprint density at radius 3 is 2.42 bits per heavy atom. The molecule has 0 aliphatic carbocycles. The van der Waals surface area contributed by atoms with E-state index in [1.807, 2.05) is 4.72 Å². The molecule has 24 heavy (non-hydrogen) atoms. The van der Waals surface area contributed by atoms with Gasteiger partial charge in [0.15, 0.2) is 0 Å². The Morgan fingerprint density at radius 2 is 1.83 bits per heavy atom. The van der Waals surface area contributed by atoms with Crippen molar-refractivity contribution in [3.8, 4) is 0 Å². The summed E-state index contributed by atoms with van der Waals surface area (Å²) in [4.78, 5) is 26.3. The average molecular weight is 345 g/mol. The van der Waals surface area contributed by atoms with Crippen LogP contribution in [0, 0.1) is 0 Å². The third-order valence-corrected chi connectivity index (χ3v) is 4.17. The molecule has 124 valence electrons. The maximum atomic E-state index is 12.0. The molecular formula is C16H15N3O4S. The highest BCUT2D eigenvalue weighted by atomic mass is 32.2. The van der Waals surface area contributed by atoms with Gasteiger partial charge in [-0.15, -0.1) is 0 Å². The fourth-order valence-corrected chi connectivity index (χ4v) is 2.69. The van der Waals surface area contributed by atoms with Crippen molar-refractivity contribution >= 4 is 33.6 Å². The molecule has 1 heterocycles. The van der Waals surface area contributed by atoms with Gasteiger partial charge in [-0.3, -0.25) is 14.6 Å². The van der Waals surface area contributed by atoms with Gasteiger partial charge in [0.05, 0.1) is 0 Å². The summed E-state index contributed by atoms with van der Waals surface area (Å²) < 4.78 is 25.8. The first-order valence-electron chi connectivity index (χ1n) is 6.89. The summed E-state index contributed by atoms with van der Waals surface area (Å²) in [5.74, 6) is -0.955. The Kier molecular flexibility index (Phi) is 5.43. The summed E-state index contributed by atoms with van der Waals surface area (Å²) in [6.07, 6.45) is 5.17. The topological polar surface area (TPSA) is 105 Å². The minimum Gasteiger partial charge on any atom is -0.326 e. The number of carbonyl (C=O) groups excluding carboxylic acids is 2. The monoisotopic (exact) mass is 345 g/mol. The molecule has 0 saturated carbocycles. The smallest absolute Gasteiger partial charge is 0.265 e. The second-order valence-electron chi connectivity index (χ2n) is 4.80. The van der Waals surface area contributed by atoms with Crippen molar-refractivity contribution in [3.63, 3.8) is 0 Å². The normalized spacial score (nSPS) is 11.2. The Bertz CT molecular complexity index is 860. The van der Waals surface area contributed by atoms with E-state index in [0.29, 0.717) is 11.3 Å². The van der Waals surface area contributed by atoms with Gasteiger partial charge in [-0.1, -0.05) is 12.1 Å². The fraction of sp³-hybridized carbons (Fsp3) is 0.0625. The van der Waals surface area contributed by atoms with E-state index in [2.05, 4.69) is 10.3 Å². The quantitative estimate of drug-likeness (QED) is 0.800. The lowest BCUT2D eigenvalue weighted by Crippen LogP contribution is -2.29. The summed E-state index contributed by atoms with van der Waals surface area (Å²) in [7, 11) is -3.94. The maximum absolute atomic E-state index is 12.0. The number of rotatable bonds is 5. The van der Waals surface area contributed by atoms with Gasteiger partial charge in [0.1, 0.15) is 4.90 Å². The van der Waals surface area contributed by atoms with Crippen molar-refractivity contribution in [2.45, 2.75) is 11.8 Å². The van der Waals surface area contributed by atoms with Crippen molar-refractivity contribution in [2.75, 3.05) is 5.32 Å². The molecule has 2 rings (SSSR count). The Hall–Kier alpha value is -3.00. The minimum atomic E-state index is -3.94. The number of aromatic nitrogens is 1. The van der Waals surface area contributed by atoms with Crippen LogP contribution in [0.3, 0.4) is 0 Å². The second-order valence-corrected chi connectivity index (χ2v) is 6.48. The van der Waals surface area contributed by atoms with Gasteiger partial charge in [0.25, 0.3) is 15.9 Å². The van der Waals surface area contributed by atoms with Gasteiger partial charge in [-0.25, -0.2) is 13.1 Å². The molecule has 2 amide bonds. The van der Waals surface area contributed by atoms with Crippen LogP contribution in [0.25, 0.3) is 6.08 Å². The molecule has 8 heteroatoms. The van der Waals surface area contributed by atoms with E-state index in [4.69, 9.17) is 0 Å². The zero-order valence-corrected chi connectivity index (χ0v) is 13.6. The van der Waals surface area contributed by atoms with Crippen LogP contribution in [0.4, 0.5) is 5.69 Å². The molecular weight excluding hydrogens is 330 g/mol. The lowest BCUT2D eigenvalue weighted by Gasteiger charge is -2.04. The van der Waals surface area contributed by atoms with Crippen LogP contribution in [-0.4, -0.2) is 25.2 Å². The van der Waals surface area contributed by atoms with Gasteiger partial charge in [-0.2, -0.15) is 0 Å². The van der Waals surface area contributed by atoms with Crippen LogP contribution in [-0.2, 0) is 19.6 Å². The first-order valence-corrected chi connectivity index (χ1v) is 8.38. The van der Waals surface area contributed by atoms with Gasteiger partial charge < -0.3 is 5.32 Å². The lowest BCUT2D eigenvalue weighted by molar-refractivity contribution is -0.115. The third kappa shape index (κ3) is 5.03. The molecule has 0 fully saturated rings. The number of hydrogen-bond acceptors (Lipinski definition) is 5. The van der Waals surface area contributed by atoms with Gasteiger partial charge in [-0.05, 0) is 35.9 Å². The zero-order chi connectivity index (χ0) is 17.6.